The zero-order chi connectivity index (χ0) is 17.7. The number of non-ortho nitro benzene ring substituents is 1. The van der Waals surface area contributed by atoms with Gasteiger partial charge in [0.05, 0.1) is 9.82 Å². The lowest BCUT2D eigenvalue weighted by Gasteiger charge is -2.10. The number of nitro benzene ring substituents is 1. The SMILES string of the molecule is Cc1ccc(NC(=O)NNS(=O)(=O)c2cccc([N+](=O)[O-])c2)cc1. The van der Waals surface area contributed by atoms with Crippen LogP contribution in [0.3, 0.4) is 0 Å². The third kappa shape index (κ3) is 4.51. The number of aryl methyl sites for hydroxylation is 1. The third-order valence-electron chi connectivity index (χ3n) is 2.95. The van der Waals surface area contributed by atoms with Crippen molar-refractivity contribution in [2.75, 3.05) is 5.32 Å². The molecule has 0 fully saturated rings. The van der Waals surface area contributed by atoms with Crippen molar-refractivity contribution in [3.63, 3.8) is 0 Å². The number of hydrogen-bond donors (Lipinski definition) is 3. The second kappa shape index (κ2) is 7.06. The molecular weight excluding hydrogens is 336 g/mol. The van der Waals surface area contributed by atoms with Crippen LogP contribution in [0.15, 0.2) is 53.4 Å². The van der Waals surface area contributed by atoms with Gasteiger partial charge in [-0.1, -0.05) is 23.8 Å². The van der Waals surface area contributed by atoms with Gasteiger partial charge in [0.15, 0.2) is 0 Å². The van der Waals surface area contributed by atoms with Crippen molar-refractivity contribution in [3.05, 3.63) is 64.2 Å². The van der Waals surface area contributed by atoms with Crippen molar-refractivity contribution in [2.24, 2.45) is 0 Å². The van der Waals surface area contributed by atoms with Crippen LogP contribution in [0.5, 0.6) is 0 Å². The summed E-state index contributed by atoms with van der Waals surface area (Å²) in [7, 11) is -4.14. The first-order valence-electron chi connectivity index (χ1n) is 6.68. The van der Waals surface area contributed by atoms with E-state index in [1.54, 1.807) is 24.3 Å². The van der Waals surface area contributed by atoms with E-state index >= 15 is 0 Å². The molecular formula is C14H14N4O5S. The predicted octanol–water partition coefficient (Wildman–Crippen LogP) is 1.92. The first-order chi connectivity index (χ1) is 11.3. The summed E-state index contributed by atoms with van der Waals surface area (Å²) < 4.78 is 24.1. The first kappa shape index (κ1) is 17.4. The molecule has 0 saturated carbocycles. The summed E-state index contributed by atoms with van der Waals surface area (Å²) in [5.41, 5.74) is 3.09. The number of amides is 2. The molecule has 0 atom stereocenters. The Morgan fingerprint density at radius 3 is 2.42 bits per heavy atom. The van der Waals surface area contributed by atoms with Crippen LogP contribution in [0.2, 0.25) is 0 Å². The molecule has 0 bridgehead atoms. The van der Waals surface area contributed by atoms with Gasteiger partial charge in [0.2, 0.25) is 0 Å². The van der Waals surface area contributed by atoms with E-state index in [9.17, 15) is 23.3 Å². The number of hydrazine groups is 1. The standard InChI is InChI=1S/C14H14N4O5S/c1-10-5-7-11(8-6-10)15-14(19)16-17-24(22,23)13-4-2-3-12(9-13)18(20)21/h2-9,17H,1H3,(H2,15,16,19). The highest BCUT2D eigenvalue weighted by Crippen LogP contribution is 2.16. The van der Waals surface area contributed by atoms with Crippen molar-refractivity contribution < 1.29 is 18.1 Å². The number of urea groups is 1. The molecule has 126 valence electrons. The number of nitrogens with one attached hydrogen (secondary N) is 3. The second-order valence-corrected chi connectivity index (χ2v) is 6.49. The molecule has 0 aliphatic rings. The summed E-state index contributed by atoms with van der Waals surface area (Å²) >= 11 is 0. The summed E-state index contributed by atoms with van der Waals surface area (Å²) in [5.74, 6) is 0. The number of rotatable bonds is 5. The topological polar surface area (TPSA) is 130 Å². The van der Waals surface area contributed by atoms with Gasteiger partial charge in [-0.05, 0) is 25.1 Å². The smallest absolute Gasteiger partial charge is 0.307 e. The molecule has 10 heteroatoms. The Bertz CT molecular complexity index is 865. The van der Waals surface area contributed by atoms with E-state index in [1.807, 2.05) is 17.2 Å². The highest BCUT2D eigenvalue weighted by molar-refractivity contribution is 7.89. The van der Waals surface area contributed by atoms with Crippen molar-refractivity contribution >= 4 is 27.4 Å². The molecule has 9 nitrogen and oxygen atoms in total. The molecule has 0 unspecified atom stereocenters. The monoisotopic (exact) mass is 350 g/mol. The van der Waals surface area contributed by atoms with Gasteiger partial charge < -0.3 is 5.32 Å². The molecule has 3 N–H and O–H groups in total. The Morgan fingerprint density at radius 2 is 1.79 bits per heavy atom. The van der Waals surface area contributed by atoms with Gasteiger partial charge in [0.1, 0.15) is 0 Å². The van der Waals surface area contributed by atoms with Crippen molar-refractivity contribution in [3.8, 4) is 0 Å². The Kier molecular flexibility index (Phi) is 5.11. The fraction of sp³-hybridized carbons (Fsp3) is 0.0714. The van der Waals surface area contributed by atoms with Crippen LogP contribution < -0.4 is 15.6 Å². The minimum Gasteiger partial charge on any atom is -0.307 e. The maximum atomic E-state index is 12.0. The van der Waals surface area contributed by atoms with Crippen LogP contribution >= 0.6 is 0 Å². The molecule has 24 heavy (non-hydrogen) atoms. The van der Waals surface area contributed by atoms with Crippen molar-refractivity contribution in [1.82, 2.24) is 10.3 Å². The molecule has 2 aromatic rings. The van der Waals surface area contributed by atoms with E-state index < -0.39 is 21.0 Å². The van der Waals surface area contributed by atoms with E-state index in [1.165, 1.54) is 12.1 Å². The fourth-order valence-corrected chi connectivity index (χ4v) is 2.61. The number of sulfonamides is 1. The van der Waals surface area contributed by atoms with Gasteiger partial charge in [-0.3, -0.25) is 15.5 Å². The third-order valence-corrected chi connectivity index (χ3v) is 4.19. The van der Waals surface area contributed by atoms with E-state index in [2.05, 4.69) is 5.32 Å². The minimum absolute atomic E-state index is 0.340. The molecule has 2 amide bonds. The number of nitrogens with zero attached hydrogens (tertiary/aromatic N) is 1. The average Bonchev–Trinajstić information content (AvgIpc) is 2.55. The summed E-state index contributed by atoms with van der Waals surface area (Å²) in [5, 5.41) is 13.1. The molecule has 0 aliphatic carbocycles. The Labute approximate surface area is 137 Å². The second-order valence-electron chi connectivity index (χ2n) is 4.81. The summed E-state index contributed by atoms with van der Waals surface area (Å²) in [4.78, 5) is 23.2. The number of carbonyl (C=O) groups is 1. The van der Waals surface area contributed by atoms with Gasteiger partial charge in [-0.15, -0.1) is 4.83 Å². The number of benzene rings is 2. The number of nitro groups is 1. The zero-order valence-corrected chi connectivity index (χ0v) is 13.3. The largest absolute Gasteiger partial charge is 0.334 e. The minimum atomic E-state index is -4.14. The lowest BCUT2D eigenvalue weighted by molar-refractivity contribution is -0.385. The normalized spacial score (nSPS) is 10.9. The first-order valence-corrected chi connectivity index (χ1v) is 8.16. The predicted molar refractivity (Wildman–Crippen MR) is 86.8 cm³/mol. The summed E-state index contributed by atoms with van der Waals surface area (Å²) in [6, 6.07) is 10.5. The maximum Gasteiger partial charge on any atom is 0.334 e. The highest BCUT2D eigenvalue weighted by Gasteiger charge is 2.18. The molecule has 0 aromatic heterocycles. The van der Waals surface area contributed by atoms with Gasteiger partial charge >= 0.3 is 6.03 Å². The molecule has 0 spiro atoms. The molecule has 0 radical (unpaired) electrons. The van der Waals surface area contributed by atoms with Crippen molar-refractivity contribution in [1.29, 1.82) is 0 Å². The van der Waals surface area contributed by atoms with Crippen LogP contribution in [0.25, 0.3) is 0 Å². The Balaban J connectivity index is 2.01. The van der Waals surface area contributed by atoms with E-state index in [-0.39, 0.29) is 10.6 Å². The number of carbonyl (C=O) groups excluding carboxylic acids is 1. The van der Waals surface area contributed by atoms with Crippen molar-refractivity contribution in [2.45, 2.75) is 11.8 Å². The molecule has 0 heterocycles. The zero-order valence-electron chi connectivity index (χ0n) is 12.5. The van der Waals surface area contributed by atoms with Crippen LogP contribution in [-0.2, 0) is 10.0 Å². The van der Waals surface area contributed by atoms with E-state index in [0.717, 1.165) is 17.7 Å². The van der Waals surface area contributed by atoms with Crippen LogP contribution in [0.4, 0.5) is 16.2 Å². The van der Waals surface area contributed by atoms with Gasteiger partial charge in [-0.25, -0.2) is 13.2 Å². The van der Waals surface area contributed by atoms with E-state index in [0.29, 0.717) is 5.69 Å². The number of anilines is 1. The summed E-state index contributed by atoms with van der Waals surface area (Å²) in [6.07, 6.45) is 0. The van der Waals surface area contributed by atoms with Gasteiger partial charge in [0, 0.05) is 17.8 Å². The Morgan fingerprint density at radius 1 is 1.12 bits per heavy atom. The average molecular weight is 350 g/mol. The highest BCUT2D eigenvalue weighted by atomic mass is 32.2. The lowest BCUT2D eigenvalue weighted by Crippen LogP contribution is -2.43. The van der Waals surface area contributed by atoms with E-state index in [4.69, 9.17) is 0 Å². The lowest BCUT2D eigenvalue weighted by atomic mass is 10.2. The van der Waals surface area contributed by atoms with Crippen LogP contribution in [-0.4, -0.2) is 19.4 Å². The summed E-state index contributed by atoms with van der Waals surface area (Å²) in [6.45, 7) is 1.89. The van der Waals surface area contributed by atoms with Crippen LogP contribution in [0, 0.1) is 17.0 Å². The van der Waals surface area contributed by atoms with Gasteiger partial charge in [0.25, 0.3) is 15.7 Å². The quantitative estimate of drug-likeness (QED) is 0.560. The number of hydrogen-bond acceptors (Lipinski definition) is 5. The van der Waals surface area contributed by atoms with Gasteiger partial charge in [-0.2, -0.15) is 0 Å². The molecule has 0 aliphatic heterocycles. The van der Waals surface area contributed by atoms with Crippen LogP contribution in [0.1, 0.15) is 5.56 Å². The molecule has 2 aromatic carbocycles. The fourth-order valence-electron chi connectivity index (χ4n) is 1.74. The molecule has 0 saturated heterocycles. The maximum absolute atomic E-state index is 12.0. The molecule has 2 rings (SSSR count). The Hall–Kier alpha value is -2.98.